The molecular weight excluding hydrogens is 503 g/mol. The predicted octanol–water partition coefficient (Wildman–Crippen LogP) is 2.38. The molecule has 0 aliphatic carbocycles. The van der Waals surface area contributed by atoms with E-state index in [1.807, 2.05) is 4.90 Å². The molecule has 1 aromatic rings. The molecule has 0 spiro atoms. The number of anilines is 1. The van der Waals surface area contributed by atoms with E-state index < -0.39 is 0 Å². The highest BCUT2D eigenvalue weighted by atomic mass is 127. The number of amides is 1. The van der Waals surface area contributed by atoms with Gasteiger partial charge in [-0.3, -0.25) is 14.7 Å². The third kappa shape index (κ3) is 8.84. The molecule has 0 unspecified atom stereocenters. The van der Waals surface area contributed by atoms with Crippen molar-refractivity contribution < 1.29 is 4.79 Å². The third-order valence-electron chi connectivity index (χ3n) is 5.81. The van der Waals surface area contributed by atoms with Crippen LogP contribution in [-0.2, 0) is 4.79 Å². The molecule has 0 saturated carbocycles. The number of likely N-dealkylation sites (tertiary alicyclic amines) is 1. The van der Waals surface area contributed by atoms with Gasteiger partial charge in [0.2, 0.25) is 5.91 Å². The Balaban J connectivity index is 0.00000341. The highest BCUT2D eigenvalue weighted by Crippen LogP contribution is 2.15. The Kier molecular flexibility index (Phi) is 12.0. The maximum absolute atomic E-state index is 11.7. The lowest BCUT2D eigenvalue weighted by atomic mass is 10.2. The minimum absolute atomic E-state index is 0. The number of hydrogen-bond donors (Lipinski definition) is 2. The number of nitrogens with zero attached hydrogens (tertiary/aromatic N) is 4. The standard InChI is InChI=1S/C23H38N6O.HI/c1-2-24-23(26-13-8-16-29-15-6-11-22(29)30)25-12-7-14-27-17-19-28(20-18-27)21-9-4-3-5-10-21;/h3-5,9-10H,2,6-8,11-20H2,1H3,(H2,24,25,26);1H. The first kappa shape index (κ1) is 25.7. The number of aliphatic imine (C=N–C) groups is 1. The third-order valence-corrected chi connectivity index (χ3v) is 5.81. The second-order valence-electron chi connectivity index (χ2n) is 8.04. The van der Waals surface area contributed by atoms with Gasteiger partial charge in [0.15, 0.2) is 5.96 Å². The van der Waals surface area contributed by atoms with Crippen molar-refractivity contribution in [3.63, 3.8) is 0 Å². The average molecular weight is 543 g/mol. The van der Waals surface area contributed by atoms with Crippen molar-refractivity contribution in [2.75, 3.05) is 70.3 Å². The van der Waals surface area contributed by atoms with E-state index in [9.17, 15) is 4.79 Å². The number of hydrogen-bond acceptors (Lipinski definition) is 4. The van der Waals surface area contributed by atoms with Crippen molar-refractivity contribution in [1.82, 2.24) is 20.4 Å². The SMILES string of the molecule is CCNC(=NCCCN1CCCC1=O)NCCCN1CCN(c2ccccc2)CC1.I. The van der Waals surface area contributed by atoms with E-state index >= 15 is 0 Å². The van der Waals surface area contributed by atoms with Gasteiger partial charge in [0, 0.05) is 71.0 Å². The average Bonchev–Trinajstić information content (AvgIpc) is 3.19. The van der Waals surface area contributed by atoms with Crippen LogP contribution in [0.15, 0.2) is 35.3 Å². The fraction of sp³-hybridized carbons (Fsp3) is 0.652. The molecule has 0 radical (unpaired) electrons. The molecule has 31 heavy (non-hydrogen) atoms. The van der Waals surface area contributed by atoms with E-state index in [4.69, 9.17) is 0 Å². The maximum Gasteiger partial charge on any atom is 0.222 e. The molecule has 1 amide bonds. The van der Waals surface area contributed by atoms with Crippen LogP contribution in [0.3, 0.4) is 0 Å². The van der Waals surface area contributed by atoms with Gasteiger partial charge in [-0.2, -0.15) is 0 Å². The largest absolute Gasteiger partial charge is 0.369 e. The Bertz CT molecular complexity index is 663. The van der Waals surface area contributed by atoms with Gasteiger partial charge in [-0.1, -0.05) is 18.2 Å². The molecule has 0 atom stereocenters. The van der Waals surface area contributed by atoms with Crippen molar-refractivity contribution >= 4 is 41.5 Å². The number of guanidine groups is 1. The summed E-state index contributed by atoms with van der Waals surface area (Å²) in [5, 5.41) is 6.77. The summed E-state index contributed by atoms with van der Waals surface area (Å²) in [6.07, 6.45) is 3.76. The summed E-state index contributed by atoms with van der Waals surface area (Å²) in [5.74, 6) is 1.19. The molecule has 2 heterocycles. The van der Waals surface area contributed by atoms with E-state index in [1.54, 1.807) is 0 Å². The van der Waals surface area contributed by atoms with Crippen LogP contribution in [0.1, 0.15) is 32.6 Å². The molecule has 2 N–H and O–H groups in total. The van der Waals surface area contributed by atoms with Crippen LogP contribution in [0.2, 0.25) is 0 Å². The zero-order valence-electron chi connectivity index (χ0n) is 18.9. The fourth-order valence-corrected chi connectivity index (χ4v) is 4.11. The Morgan fingerprint density at radius 1 is 1.00 bits per heavy atom. The van der Waals surface area contributed by atoms with Crippen LogP contribution in [0.25, 0.3) is 0 Å². The van der Waals surface area contributed by atoms with Gasteiger partial charge in [-0.05, 0) is 44.9 Å². The number of nitrogens with one attached hydrogen (secondary N) is 2. The minimum atomic E-state index is 0. The number of carbonyl (C=O) groups is 1. The molecule has 3 rings (SSSR count). The second-order valence-corrected chi connectivity index (χ2v) is 8.04. The maximum atomic E-state index is 11.7. The summed E-state index contributed by atoms with van der Waals surface area (Å²) in [6.45, 7) is 11.9. The number of halogens is 1. The molecule has 174 valence electrons. The fourth-order valence-electron chi connectivity index (χ4n) is 4.11. The van der Waals surface area contributed by atoms with E-state index in [2.05, 4.69) is 62.7 Å². The van der Waals surface area contributed by atoms with Crippen LogP contribution < -0.4 is 15.5 Å². The highest BCUT2D eigenvalue weighted by Gasteiger charge is 2.19. The van der Waals surface area contributed by atoms with Gasteiger partial charge in [0.25, 0.3) is 0 Å². The zero-order chi connectivity index (χ0) is 21.0. The molecule has 2 aliphatic heterocycles. The lowest BCUT2D eigenvalue weighted by molar-refractivity contribution is -0.127. The first-order valence-corrected chi connectivity index (χ1v) is 11.6. The molecule has 7 nitrogen and oxygen atoms in total. The predicted molar refractivity (Wildman–Crippen MR) is 140 cm³/mol. The monoisotopic (exact) mass is 542 g/mol. The minimum Gasteiger partial charge on any atom is -0.369 e. The summed E-state index contributed by atoms with van der Waals surface area (Å²) in [4.78, 5) is 23.3. The quantitative estimate of drug-likeness (QED) is 0.206. The van der Waals surface area contributed by atoms with E-state index in [-0.39, 0.29) is 24.0 Å². The Hall–Kier alpha value is -1.55. The lowest BCUT2D eigenvalue weighted by Crippen LogP contribution is -2.47. The van der Waals surface area contributed by atoms with Crippen molar-refractivity contribution in [3.05, 3.63) is 30.3 Å². The van der Waals surface area contributed by atoms with Crippen LogP contribution in [0, 0.1) is 0 Å². The summed E-state index contributed by atoms with van der Waals surface area (Å²) in [7, 11) is 0. The van der Waals surface area contributed by atoms with Crippen molar-refractivity contribution in [2.45, 2.75) is 32.6 Å². The zero-order valence-corrected chi connectivity index (χ0v) is 21.2. The van der Waals surface area contributed by atoms with Gasteiger partial charge in [0.05, 0.1) is 0 Å². The van der Waals surface area contributed by atoms with Crippen LogP contribution >= 0.6 is 24.0 Å². The molecule has 8 heteroatoms. The molecule has 2 aliphatic rings. The van der Waals surface area contributed by atoms with E-state index in [0.717, 1.165) is 97.1 Å². The molecule has 0 bridgehead atoms. The van der Waals surface area contributed by atoms with E-state index in [1.165, 1.54) is 5.69 Å². The first-order chi connectivity index (χ1) is 14.8. The van der Waals surface area contributed by atoms with Crippen molar-refractivity contribution in [3.8, 4) is 0 Å². The summed E-state index contributed by atoms with van der Waals surface area (Å²) in [5.41, 5.74) is 1.33. The van der Waals surface area contributed by atoms with E-state index in [0.29, 0.717) is 5.91 Å². The van der Waals surface area contributed by atoms with Crippen molar-refractivity contribution in [1.29, 1.82) is 0 Å². The Morgan fingerprint density at radius 2 is 1.77 bits per heavy atom. The normalized spacial score (nSPS) is 17.6. The number of piperazine rings is 1. The van der Waals surface area contributed by atoms with Gasteiger partial charge >= 0.3 is 0 Å². The molecular formula is C23H39IN6O. The number of carbonyl (C=O) groups excluding carboxylic acids is 1. The first-order valence-electron chi connectivity index (χ1n) is 11.6. The van der Waals surface area contributed by atoms with Gasteiger partial charge < -0.3 is 20.4 Å². The van der Waals surface area contributed by atoms with Gasteiger partial charge in [-0.25, -0.2) is 0 Å². The summed E-state index contributed by atoms with van der Waals surface area (Å²) < 4.78 is 0. The van der Waals surface area contributed by atoms with Crippen molar-refractivity contribution in [2.24, 2.45) is 4.99 Å². The number of rotatable bonds is 10. The Morgan fingerprint density at radius 3 is 2.45 bits per heavy atom. The van der Waals surface area contributed by atoms with Gasteiger partial charge in [0.1, 0.15) is 0 Å². The summed E-state index contributed by atoms with van der Waals surface area (Å²) >= 11 is 0. The molecule has 1 aromatic carbocycles. The Labute approximate surface area is 204 Å². The number of para-hydroxylation sites is 1. The molecule has 0 aromatic heterocycles. The van der Waals surface area contributed by atoms with Gasteiger partial charge in [-0.15, -0.1) is 24.0 Å². The smallest absolute Gasteiger partial charge is 0.222 e. The number of benzene rings is 1. The second kappa shape index (κ2) is 14.5. The molecule has 2 saturated heterocycles. The molecule has 2 fully saturated rings. The van der Waals surface area contributed by atoms with Crippen LogP contribution in [0.4, 0.5) is 5.69 Å². The summed E-state index contributed by atoms with van der Waals surface area (Å²) in [6, 6.07) is 10.7. The van der Waals surface area contributed by atoms with Crippen LogP contribution in [-0.4, -0.2) is 87.1 Å². The topological polar surface area (TPSA) is 63.2 Å². The highest BCUT2D eigenvalue weighted by molar-refractivity contribution is 14.0. The lowest BCUT2D eigenvalue weighted by Gasteiger charge is -2.36. The van der Waals surface area contributed by atoms with Crippen LogP contribution in [0.5, 0.6) is 0 Å².